The van der Waals surface area contributed by atoms with E-state index in [-0.39, 0.29) is 11.8 Å². The Morgan fingerprint density at radius 1 is 1.24 bits per heavy atom. The quantitative estimate of drug-likeness (QED) is 0.782. The summed E-state index contributed by atoms with van der Waals surface area (Å²) in [6.45, 7) is 6.89. The van der Waals surface area contributed by atoms with E-state index in [9.17, 15) is 9.59 Å². The van der Waals surface area contributed by atoms with Gasteiger partial charge in [-0.1, -0.05) is 13.8 Å². The van der Waals surface area contributed by atoms with Gasteiger partial charge in [0.15, 0.2) is 0 Å². The lowest BCUT2D eigenvalue weighted by Crippen LogP contribution is -2.41. The van der Waals surface area contributed by atoms with Crippen LogP contribution >= 0.6 is 0 Å². The highest BCUT2D eigenvalue weighted by atomic mass is 16.2. The Labute approximate surface area is 102 Å². The predicted molar refractivity (Wildman–Crippen MR) is 66.7 cm³/mol. The fraction of sp³-hybridized carbons (Fsp3) is 0.750. The van der Waals surface area contributed by atoms with E-state index in [4.69, 9.17) is 5.73 Å². The molecule has 0 spiro atoms. The number of carbonyl (C=O) groups excluding carboxylic acids is 2. The molecule has 1 aliphatic rings. The first kappa shape index (κ1) is 13.7. The highest BCUT2D eigenvalue weighted by Crippen LogP contribution is 2.12. The number of hydrogen-bond acceptors (Lipinski definition) is 3. The second kappa shape index (κ2) is 5.80. The molecule has 1 fully saturated rings. The molecule has 5 nitrogen and oxygen atoms in total. The normalized spacial score (nSPS) is 18.1. The molecule has 5 heteroatoms. The van der Waals surface area contributed by atoms with Crippen molar-refractivity contribution in [2.45, 2.75) is 39.7 Å². The van der Waals surface area contributed by atoms with Gasteiger partial charge in [0.05, 0.1) is 0 Å². The van der Waals surface area contributed by atoms with Gasteiger partial charge < -0.3 is 10.6 Å². The first-order chi connectivity index (χ1) is 7.91. The number of likely N-dealkylation sites (tertiary alicyclic amines) is 1. The van der Waals surface area contributed by atoms with Crippen LogP contribution in [-0.2, 0) is 9.59 Å². The molecular formula is C12H21N3O2. The van der Waals surface area contributed by atoms with Gasteiger partial charge >= 0.3 is 0 Å². The Morgan fingerprint density at radius 2 is 1.76 bits per heavy atom. The minimum absolute atomic E-state index is 0.0398. The van der Waals surface area contributed by atoms with Crippen molar-refractivity contribution in [1.82, 2.24) is 4.90 Å². The third-order valence-corrected chi connectivity index (χ3v) is 2.93. The van der Waals surface area contributed by atoms with Crippen molar-refractivity contribution >= 4 is 17.5 Å². The number of rotatable bonds is 3. The van der Waals surface area contributed by atoms with Crippen LogP contribution in [0.2, 0.25) is 0 Å². The van der Waals surface area contributed by atoms with Gasteiger partial charge in [0.1, 0.15) is 6.04 Å². The molecular weight excluding hydrogens is 218 g/mol. The zero-order valence-electron chi connectivity index (χ0n) is 10.8. The third-order valence-electron chi connectivity index (χ3n) is 2.93. The Kier molecular flexibility index (Phi) is 4.66. The van der Waals surface area contributed by atoms with Gasteiger partial charge in [-0.2, -0.15) is 0 Å². The smallest absolute Gasteiger partial charge is 0.241 e. The van der Waals surface area contributed by atoms with E-state index in [0.29, 0.717) is 13.1 Å². The molecule has 1 rings (SSSR count). The molecule has 0 aromatic carbocycles. The van der Waals surface area contributed by atoms with Gasteiger partial charge in [-0.15, -0.1) is 0 Å². The molecule has 0 aromatic heterocycles. The van der Waals surface area contributed by atoms with Crippen LogP contribution in [0.25, 0.3) is 0 Å². The van der Waals surface area contributed by atoms with E-state index in [2.05, 4.69) is 4.99 Å². The van der Waals surface area contributed by atoms with Gasteiger partial charge in [0.2, 0.25) is 11.8 Å². The van der Waals surface area contributed by atoms with Crippen LogP contribution in [-0.4, -0.2) is 41.6 Å². The van der Waals surface area contributed by atoms with Gasteiger partial charge in [0.25, 0.3) is 0 Å². The lowest BCUT2D eigenvalue weighted by Gasteiger charge is -2.29. The fourth-order valence-electron chi connectivity index (χ4n) is 1.82. The Bertz CT molecular complexity index is 327. The molecule has 1 saturated heterocycles. The summed E-state index contributed by atoms with van der Waals surface area (Å²) < 4.78 is 0. The van der Waals surface area contributed by atoms with E-state index in [1.54, 1.807) is 6.92 Å². The molecule has 0 saturated carbocycles. The molecule has 1 heterocycles. The summed E-state index contributed by atoms with van der Waals surface area (Å²) in [6.07, 6.45) is 1.49. The van der Waals surface area contributed by atoms with Crippen molar-refractivity contribution in [3.8, 4) is 0 Å². The van der Waals surface area contributed by atoms with Gasteiger partial charge in [-0.3, -0.25) is 14.6 Å². The van der Waals surface area contributed by atoms with E-state index < -0.39 is 11.9 Å². The summed E-state index contributed by atoms with van der Waals surface area (Å²) in [5, 5.41) is 0. The van der Waals surface area contributed by atoms with Crippen LogP contribution in [0.1, 0.15) is 33.6 Å². The van der Waals surface area contributed by atoms with Crippen molar-refractivity contribution < 1.29 is 9.59 Å². The van der Waals surface area contributed by atoms with Crippen LogP contribution in [0.3, 0.4) is 0 Å². The zero-order valence-corrected chi connectivity index (χ0v) is 10.8. The predicted octanol–water partition coefficient (Wildman–Crippen LogP) is 0.580. The van der Waals surface area contributed by atoms with E-state index in [1.807, 2.05) is 18.7 Å². The molecule has 1 aliphatic heterocycles. The lowest BCUT2D eigenvalue weighted by atomic mass is 10.1. The van der Waals surface area contributed by atoms with Crippen molar-refractivity contribution in [2.75, 3.05) is 13.1 Å². The Morgan fingerprint density at radius 3 is 2.18 bits per heavy atom. The molecule has 1 atom stereocenters. The average Bonchev–Trinajstić information content (AvgIpc) is 2.28. The van der Waals surface area contributed by atoms with Crippen LogP contribution < -0.4 is 5.73 Å². The second-order valence-electron chi connectivity index (χ2n) is 4.75. The molecule has 1 unspecified atom stereocenters. The minimum Gasteiger partial charge on any atom is -0.368 e. The number of primary amides is 1. The molecule has 17 heavy (non-hydrogen) atoms. The first-order valence-electron chi connectivity index (χ1n) is 6.05. The summed E-state index contributed by atoms with van der Waals surface area (Å²) >= 11 is 0. The first-order valence-corrected chi connectivity index (χ1v) is 6.05. The number of piperidine rings is 1. The number of nitrogens with zero attached hydrogens (tertiary/aromatic N) is 2. The van der Waals surface area contributed by atoms with Crippen molar-refractivity contribution in [3.63, 3.8) is 0 Å². The average molecular weight is 239 g/mol. The molecule has 0 aromatic rings. The number of amides is 2. The number of hydrogen-bond donors (Lipinski definition) is 1. The molecule has 2 N–H and O–H groups in total. The number of aliphatic imine (C=N–C) groups is 1. The third kappa shape index (κ3) is 3.84. The van der Waals surface area contributed by atoms with Crippen LogP contribution in [0.5, 0.6) is 0 Å². The SMILES string of the molecule is CC(C)C(=O)N1CCC(=NC(C)C(N)=O)CC1. The Balaban J connectivity index is 2.51. The monoisotopic (exact) mass is 239 g/mol. The number of nitrogens with two attached hydrogens (primary N) is 1. The van der Waals surface area contributed by atoms with Crippen molar-refractivity contribution in [1.29, 1.82) is 0 Å². The lowest BCUT2D eigenvalue weighted by molar-refractivity contribution is -0.134. The highest BCUT2D eigenvalue weighted by Gasteiger charge is 2.22. The maximum absolute atomic E-state index is 11.7. The standard InChI is InChI=1S/C12H21N3O2/c1-8(2)12(17)15-6-4-10(5-7-15)14-9(3)11(13)16/h8-9H,4-7H2,1-3H3,(H2,13,16). The summed E-state index contributed by atoms with van der Waals surface area (Å²) in [4.78, 5) is 28.8. The number of carbonyl (C=O) groups is 2. The van der Waals surface area contributed by atoms with Crippen LogP contribution in [0, 0.1) is 5.92 Å². The highest BCUT2D eigenvalue weighted by molar-refractivity contribution is 5.90. The fourth-order valence-corrected chi connectivity index (χ4v) is 1.82. The second-order valence-corrected chi connectivity index (χ2v) is 4.75. The van der Waals surface area contributed by atoms with E-state index >= 15 is 0 Å². The molecule has 0 bridgehead atoms. The largest absolute Gasteiger partial charge is 0.368 e. The maximum atomic E-state index is 11.7. The van der Waals surface area contributed by atoms with Crippen molar-refractivity contribution in [2.24, 2.45) is 16.6 Å². The summed E-state index contributed by atoms with van der Waals surface area (Å²) in [7, 11) is 0. The molecule has 0 radical (unpaired) electrons. The van der Waals surface area contributed by atoms with E-state index in [0.717, 1.165) is 18.6 Å². The molecule has 96 valence electrons. The topological polar surface area (TPSA) is 75.8 Å². The Hall–Kier alpha value is -1.39. The van der Waals surface area contributed by atoms with Crippen LogP contribution in [0.15, 0.2) is 4.99 Å². The summed E-state index contributed by atoms with van der Waals surface area (Å²) in [6, 6.07) is -0.461. The zero-order chi connectivity index (χ0) is 13.0. The molecule has 0 aliphatic carbocycles. The molecule has 2 amide bonds. The van der Waals surface area contributed by atoms with E-state index in [1.165, 1.54) is 0 Å². The van der Waals surface area contributed by atoms with Crippen molar-refractivity contribution in [3.05, 3.63) is 0 Å². The van der Waals surface area contributed by atoms with Gasteiger partial charge in [0, 0.05) is 37.6 Å². The summed E-state index contributed by atoms with van der Waals surface area (Å²) in [5.74, 6) is -0.178. The summed E-state index contributed by atoms with van der Waals surface area (Å²) in [5.41, 5.74) is 6.15. The minimum atomic E-state index is -0.461. The van der Waals surface area contributed by atoms with Crippen LogP contribution in [0.4, 0.5) is 0 Å². The van der Waals surface area contributed by atoms with Gasteiger partial charge in [-0.05, 0) is 6.92 Å². The van der Waals surface area contributed by atoms with Gasteiger partial charge in [-0.25, -0.2) is 0 Å². The maximum Gasteiger partial charge on any atom is 0.241 e.